The first-order chi connectivity index (χ1) is 10.6. The topological polar surface area (TPSA) is 28.2 Å². The van der Waals surface area contributed by atoms with Crippen LogP contribution in [0.1, 0.15) is 58.6 Å². The van der Waals surface area contributed by atoms with Crippen molar-refractivity contribution in [2.24, 2.45) is 0 Å². The van der Waals surface area contributed by atoms with Crippen molar-refractivity contribution in [3.8, 4) is 0 Å². The molecule has 1 unspecified atom stereocenters. The highest BCUT2D eigenvalue weighted by Crippen LogP contribution is 2.18. The van der Waals surface area contributed by atoms with Crippen LogP contribution in [0.15, 0.2) is 48.1 Å². The van der Waals surface area contributed by atoms with E-state index in [0.29, 0.717) is 6.04 Å². The van der Waals surface area contributed by atoms with Crippen LogP contribution >= 0.6 is 0 Å². The van der Waals surface area contributed by atoms with Crippen molar-refractivity contribution >= 4 is 0 Å². The molecule has 3 heteroatoms. The Morgan fingerprint density at radius 3 is 2.73 bits per heavy atom. The van der Waals surface area contributed by atoms with Gasteiger partial charge in [-0.15, -0.1) is 0 Å². The summed E-state index contributed by atoms with van der Waals surface area (Å²) >= 11 is 0. The first-order valence-corrected chi connectivity index (χ1v) is 8.27. The highest BCUT2D eigenvalue weighted by Gasteiger charge is 2.10. The minimum atomic E-state index is 0.330. The largest absolute Gasteiger partial charge is 0.381 e. The zero-order chi connectivity index (χ0) is 16.4. The highest BCUT2D eigenvalue weighted by atomic mass is 15.1. The normalized spacial score (nSPS) is 13.9. The fourth-order valence-corrected chi connectivity index (χ4v) is 2.33. The second-order valence-corrected chi connectivity index (χ2v) is 5.93. The Balaban J connectivity index is 2.66. The van der Waals surface area contributed by atoms with E-state index in [1.807, 2.05) is 18.5 Å². The second kappa shape index (κ2) is 10.0. The number of nitrogens with one attached hydrogen (secondary N) is 1. The van der Waals surface area contributed by atoms with E-state index in [4.69, 9.17) is 0 Å². The van der Waals surface area contributed by atoms with Crippen LogP contribution in [0.3, 0.4) is 0 Å². The summed E-state index contributed by atoms with van der Waals surface area (Å²) in [6, 6.07) is 4.48. The number of pyridine rings is 1. The second-order valence-electron chi connectivity index (χ2n) is 5.93. The summed E-state index contributed by atoms with van der Waals surface area (Å²) in [5.74, 6) is 0. The highest BCUT2D eigenvalue weighted by molar-refractivity contribution is 5.16. The molecule has 1 aromatic rings. The lowest BCUT2D eigenvalue weighted by Crippen LogP contribution is -2.22. The zero-order valence-corrected chi connectivity index (χ0v) is 14.8. The van der Waals surface area contributed by atoms with Gasteiger partial charge >= 0.3 is 0 Å². The molecule has 0 amide bonds. The van der Waals surface area contributed by atoms with Gasteiger partial charge < -0.3 is 10.2 Å². The number of hydrogen-bond donors (Lipinski definition) is 1. The summed E-state index contributed by atoms with van der Waals surface area (Å²) in [6.07, 6.45) is 11.6. The summed E-state index contributed by atoms with van der Waals surface area (Å²) < 4.78 is 0. The molecule has 0 bridgehead atoms. The van der Waals surface area contributed by atoms with Crippen molar-refractivity contribution in [2.45, 2.75) is 53.0 Å². The first kappa shape index (κ1) is 18.3. The average molecular weight is 301 g/mol. The van der Waals surface area contributed by atoms with Crippen LogP contribution in [0.5, 0.6) is 0 Å². The molecule has 1 atom stereocenters. The smallest absolute Gasteiger partial charge is 0.0526 e. The van der Waals surface area contributed by atoms with Crippen LogP contribution in [0, 0.1) is 0 Å². The Hall–Kier alpha value is -1.77. The van der Waals surface area contributed by atoms with E-state index < -0.39 is 0 Å². The van der Waals surface area contributed by atoms with E-state index in [2.05, 4.69) is 68.3 Å². The molecule has 0 spiro atoms. The molecule has 3 nitrogen and oxygen atoms in total. The maximum absolute atomic E-state index is 4.24. The van der Waals surface area contributed by atoms with E-state index in [-0.39, 0.29) is 0 Å². The van der Waals surface area contributed by atoms with Crippen LogP contribution in [0.4, 0.5) is 0 Å². The van der Waals surface area contributed by atoms with Crippen LogP contribution in [0.25, 0.3) is 0 Å². The standard InChI is InChI=1S/C19H31N3/c1-6-9-19(18-10-8-12-20-14-18)21-17(4)15-22(5)13-11-16(3)7-2/h8,10-12,14-15,19,21H,6-7,9,13H2,1-5H3/b16-11+,17-15+. The van der Waals surface area contributed by atoms with Crippen LogP contribution in [-0.4, -0.2) is 23.5 Å². The van der Waals surface area contributed by atoms with Crippen molar-refractivity contribution in [1.82, 2.24) is 15.2 Å². The van der Waals surface area contributed by atoms with Crippen molar-refractivity contribution in [3.05, 3.63) is 53.6 Å². The van der Waals surface area contributed by atoms with E-state index in [0.717, 1.165) is 25.8 Å². The Morgan fingerprint density at radius 1 is 1.36 bits per heavy atom. The average Bonchev–Trinajstić information content (AvgIpc) is 2.53. The SMILES string of the molecule is CCCC(N/C(C)=C/N(C)C/C=C(\C)CC)c1cccnc1. The van der Waals surface area contributed by atoms with Gasteiger partial charge in [0.2, 0.25) is 0 Å². The van der Waals surface area contributed by atoms with Crippen LogP contribution in [-0.2, 0) is 0 Å². The van der Waals surface area contributed by atoms with Crippen molar-refractivity contribution in [1.29, 1.82) is 0 Å². The van der Waals surface area contributed by atoms with Gasteiger partial charge in [0.25, 0.3) is 0 Å². The predicted octanol–water partition coefficient (Wildman–Crippen LogP) is 4.66. The zero-order valence-electron chi connectivity index (χ0n) is 14.8. The third-order valence-electron chi connectivity index (χ3n) is 3.77. The van der Waals surface area contributed by atoms with Gasteiger partial charge in [-0.3, -0.25) is 4.98 Å². The molecule has 0 aliphatic carbocycles. The van der Waals surface area contributed by atoms with Gasteiger partial charge in [-0.25, -0.2) is 0 Å². The summed E-state index contributed by atoms with van der Waals surface area (Å²) in [5, 5.41) is 3.63. The molecule has 22 heavy (non-hydrogen) atoms. The Bertz CT molecular complexity index is 477. The quantitative estimate of drug-likeness (QED) is 0.672. The maximum Gasteiger partial charge on any atom is 0.0526 e. The number of hydrogen-bond acceptors (Lipinski definition) is 3. The summed E-state index contributed by atoms with van der Waals surface area (Å²) in [7, 11) is 2.11. The van der Waals surface area contributed by atoms with Gasteiger partial charge in [0.1, 0.15) is 0 Å². The third kappa shape index (κ3) is 6.79. The molecule has 0 saturated carbocycles. The van der Waals surface area contributed by atoms with E-state index >= 15 is 0 Å². The fourth-order valence-electron chi connectivity index (χ4n) is 2.33. The number of nitrogens with zero attached hydrogens (tertiary/aromatic N) is 2. The molecule has 0 aliphatic heterocycles. The maximum atomic E-state index is 4.24. The molecule has 0 aromatic carbocycles. The Kier molecular flexibility index (Phi) is 8.34. The molecular weight excluding hydrogens is 270 g/mol. The van der Waals surface area contributed by atoms with Crippen molar-refractivity contribution < 1.29 is 0 Å². The van der Waals surface area contributed by atoms with E-state index in [1.54, 1.807) is 0 Å². The minimum absolute atomic E-state index is 0.330. The molecular formula is C19H31N3. The van der Waals surface area contributed by atoms with Crippen LogP contribution in [0.2, 0.25) is 0 Å². The lowest BCUT2D eigenvalue weighted by molar-refractivity contribution is 0.482. The number of allylic oxidation sites excluding steroid dienone is 2. The number of aromatic nitrogens is 1. The van der Waals surface area contributed by atoms with Gasteiger partial charge in [0.15, 0.2) is 0 Å². The predicted molar refractivity (Wildman–Crippen MR) is 95.5 cm³/mol. The number of rotatable bonds is 9. The molecule has 1 rings (SSSR count). The molecule has 0 saturated heterocycles. The summed E-state index contributed by atoms with van der Waals surface area (Å²) in [5.41, 5.74) is 3.87. The Labute approximate surface area is 136 Å². The minimum Gasteiger partial charge on any atom is -0.381 e. The van der Waals surface area contributed by atoms with E-state index in [9.17, 15) is 0 Å². The Morgan fingerprint density at radius 2 is 2.14 bits per heavy atom. The van der Waals surface area contributed by atoms with E-state index in [1.165, 1.54) is 16.8 Å². The lowest BCUT2D eigenvalue weighted by atomic mass is 10.0. The van der Waals surface area contributed by atoms with Gasteiger partial charge in [-0.1, -0.05) is 38.0 Å². The van der Waals surface area contributed by atoms with Gasteiger partial charge in [0, 0.05) is 37.9 Å². The summed E-state index contributed by atoms with van der Waals surface area (Å²) in [6.45, 7) is 9.67. The molecule has 122 valence electrons. The first-order valence-electron chi connectivity index (χ1n) is 8.27. The molecule has 1 aromatic heterocycles. The molecule has 0 aliphatic rings. The molecule has 0 fully saturated rings. The third-order valence-corrected chi connectivity index (χ3v) is 3.77. The van der Waals surface area contributed by atoms with Gasteiger partial charge in [-0.05, 0) is 38.3 Å². The number of likely N-dealkylation sites (N-methyl/N-ethyl adjacent to an activating group) is 1. The molecule has 1 heterocycles. The monoisotopic (exact) mass is 301 g/mol. The summed E-state index contributed by atoms with van der Waals surface area (Å²) in [4.78, 5) is 6.45. The lowest BCUT2D eigenvalue weighted by Gasteiger charge is -2.22. The van der Waals surface area contributed by atoms with Crippen molar-refractivity contribution in [2.75, 3.05) is 13.6 Å². The van der Waals surface area contributed by atoms with Gasteiger partial charge in [0.05, 0.1) is 6.04 Å². The van der Waals surface area contributed by atoms with Gasteiger partial charge in [-0.2, -0.15) is 0 Å². The van der Waals surface area contributed by atoms with Crippen LogP contribution < -0.4 is 5.32 Å². The fraction of sp³-hybridized carbons (Fsp3) is 0.526. The molecule has 1 N–H and O–H groups in total. The molecule has 0 radical (unpaired) electrons. The van der Waals surface area contributed by atoms with Crippen molar-refractivity contribution in [3.63, 3.8) is 0 Å².